The molecule has 3 aromatic heterocycles. The Balaban J connectivity index is 1.64. The highest BCUT2D eigenvalue weighted by Gasteiger charge is 2.41. The van der Waals surface area contributed by atoms with Crippen molar-refractivity contribution >= 4 is 34.4 Å². The number of hydrogen-bond donors (Lipinski definition) is 4. The van der Waals surface area contributed by atoms with Gasteiger partial charge in [0.05, 0.1) is 11.2 Å². The van der Waals surface area contributed by atoms with Gasteiger partial charge in [0, 0.05) is 35.8 Å². The van der Waals surface area contributed by atoms with Gasteiger partial charge < -0.3 is 20.5 Å². The number of carboxylic acid groups (broad SMARTS) is 1. The van der Waals surface area contributed by atoms with Crippen LogP contribution in [0.3, 0.4) is 0 Å². The van der Waals surface area contributed by atoms with Gasteiger partial charge in [0.15, 0.2) is 23.1 Å². The van der Waals surface area contributed by atoms with Gasteiger partial charge in [-0.1, -0.05) is 11.6 Å². The van der Waals surface area contributed by atoms with Gasteiger partial charge in [-0.25, -0.2) is 24.1 Å². The SMILES string of the molecule is O=C(O)[C@]1(O)CCCC(Nc2nc(-c3c[nH]c4ncc(Cl)cc34)ncc2F)C1. The number of rotatable bonds is 4. The molecule has 0 aliphatic heterocycles. The highest BCUT2D eigenvalue weighted by molar-refractivity contribution is 6.31. The van der Waals surface area contributed by atoms with Crippen molar-refractivity contribution in [2.24, 2.45) is 0 Å². The number of nitrogens with one attached hydrogen (secondary N) is 2. The Morgan fingerprint density at radius 1 is 1.39 bits per heavy atom. The molecule has 4 rings (SSSR count). The van der Waals surface area contributed by atoms with Gasteiger partial charge in [0.25, 0.3) is 0 Å². The molecule has 1 fully saturated rings. The Hall–Kier alpha value is -2.78. The molecule has 1 saturated carbocycles. The zero-order chi connectivity index (χ0) is 19.9. The first-order valence-corrected chi connectivity index (χ1v) is 9.11. The largest absolute Gasteiger partial charge is 0.479 e. The van der Waals surface area contributed by atoms with Crippen molar-refractivity contribution in [2.75, 3.05) is 5.32 Å². The van der Waals surface area contributed by atoms with E-state index in [1.54, 1.807) is 12.3 Å². The molecule has 0 bridgehead atoms. The van der Waals surface area contributed by atoms with Crippen LogP contribution in [0.15, 0.2) is 24.7 Å². The van der Waals surface area contributed by atoms with Gasteiger partial charge in [0.1, 0.15) is 5.65 Å². The molecule has 0 amide bonds. The molecule has 3 aromatic rings. The average Bonchev–Trinajstić information content (AvgIpc) is 3.06. The predicted octanol–water partition coefficient (Wildman–Crippen LogP) is 2.98. The van der Waals surface area contributed by atoms with Gasteiger partial charge in [-0.15, -0.1) is 0 Å². The maximum absolute atomic E-state index is 14.3. The van der Waals surface area contributed by atoms with Crippen molar-refractivity contribution < 1.29 is 19.4 Å². The molecule has 8 nitrogen and oxygen atoms in total. The Kier molecular flexibility index (Phi) is 4.64. The number of aromatic nitrogens is 4. The topological polar surface area (TPSA) is 124 Å². The number of nitrogens with zero attached hydrogens (tertiary/aromatic N) is 3. The molecule has 146 valence electrons. The lowest BCUT2D eigenvalue weighted by molar-refractivity contribution is -0.162. The van der Waals surface area contributed by atoms with Gasteiger partial charge in [-0.05, 0) is 25.3 Å². The van der Waals surface area contributed by atoms with Gasteiger partial charge in [-0.3, -0.25) is 0 Å². The average molecular weight is 406 g/mol. The van der Waals surface area contributed by atoms with Gasteiger partial charge in [0.2, 0.25) is 0 Å². The van der Waals surface area contributed by atoms with Crippen molar-refractivity contribution in [1.29, 1.82) is 0 Å². The number of aliphatic hydroxyl groups is 1. The first-order chi connectivity index (χ1) is 13.4. The zero-order valence-corrected chi connectivity index (χ0v) is 15.4. The Bertz CT molecular complexity index is 1060. The van der Waals surface area contributed by atoms with Crippen LogP contribution in [0.1, 0.15) is 25.7 Å². The predicted molar refractivity (Wildman–Crippen MR) is 101 cm³/mol. The van der Waals surface area contributed by atoms with Crippen LogP contribution in [0.5, 0.6) is 0 Å². The summed E-state index contributed by atoms with van der Waals surface area (Å²) < 4.78 is 14.3. The van der Waals surface area contributed by atoms with Crippen molar-refractivity contribution in [3.8, 4) is 11.4 Å². The number of fused-ring (bicyclic) bond motifs is 1. The van der Waals surface area contributed by atoms with Crippen LogP contribution in [0.2, 0.25) is 5.02 Å². The summed E-state index contributed by atoms with van der Waals surface area (Å²) in [6, 6.07) is 1.29. The van der Waals surface area contributed by atoms with E-state index in [0.29, 0.717) is 34.5 Å². The fraction of sp³-hybridized carbons (Fsp3) is 0.333. The summed E-state index contributed by atoms with van der Waals surface area (Å²) in [5, 5.41) is 23.5. The third kappa shape index (κ3) is 3.38. The molecule has 3 heterocycles. The smallest absolute Gasteiger partial charge is 0.335 e. The summed E-state index contributed by atoms with van der Waals surface area (Å²) in [5.41, 5.74) is -0.610. The van der Waals surface area contributed by atoms with E-state index in [-0.39, 0.29) is 24.5 Å². The number of carboxylic acids is 1. The number of hydrogen-bond acceptors (Lipinski definition) is 6. The van der Waals surface area contributed by atoms with E-state index in [0.717, 1.165) is 6.20 Å². The molecule has 1 aliphatic carbocycles. The van der Waals surface area contributed by atoms with Gasteiger partial charge in [-0.2, -0.15) is 0 Å². The van der Waals surface area contributed by atoms with Crippen molar-refractivity contribution in [3.05, 3.63) is 35.5 Å². The summed E-state index contributed by atoms with van der Waals surface area (Å²) in [7, 11) is 0. The third-order valence-corrected chi connectivity index (χ3v) is 5.16. The summed E-state index contributed by atoms with van der Waals surface area (Å²) >= 11 is 6.01. The number of anilines is 1. The normalized spacial score (nSPS) is 22.3. The lowest BCUT2D eigenvalue weighted by atomic mass is 9.82. The van der Waals surface area contributed by atoms with Crippen molar-refractivity contribution in [2.45, 2.75) is 37.3 Å². The number of pyridine rings is 1. The Morgan fingerprint density at radius 3 is 3.00 bits per heavy atom. The summed E-state index contributed by atoms with van der Waals surface area (Å²) in [6.07, 6.45) is 5.46. The van der Waals surface area contributed by atoms with E-state index in [4.69, 9.17) is 11.6 Å². The quantitative estimate of drug-likeness (QED) is 0.526. The fourth-order valence-electron chi connectivity index (χ4n) is 3.52. The van der Waals surface area contributed by atoms with Crippen LogP contribution in [-0.4, -0.2) is 47.8 Å². The third-order valence-electron chi connectivity index (χ3n) is 4.95. The highest BCUT2D eigenvalue weighted by Crippen LogP contribution is 2.32. The van der Waals surface area contributed by atoms with Crippen molar-refractivity contribution in [1.82, 2.24) is 19.9 Å². The molecule has 1 aliphatic rings. The molecule has 0 saturated heterocycles. The molecule has 0 aromatic carbocycles. The van der Waals surface area contributed by atoms with Crippen LogP contribution in [0.4, 0.5) is 10.2 Å². The van der Waals surface area contributed by atoms with Crippen LogP contribution >= 0.6 is 11.6 Å². The molecule has 28 heavy (non-hydrogen) atoms. The number of carbonyl (C=O) groups is 1. The second-order valence-electron chi connectivity index (χ2n) is 6.92. The number of aromatic amines is 1. The summed E-state index contributed by atoms with van der Waals surface area (Å²) in [5.74, 6) is -1.72. The van der Waals surface area contributed by atoms with E-state index in [1.807, 2.05) is 0 Å². The first-order valence-electron chi connectivity index (χ1n) is 8.73. The minimum Gasteiger partial charge on any atom is -0.479 e. The van der Waals surface area contributed by atoms with E-state index in [9.17, 15) is 19.4 Å². The van der Waals surface area contributed by atoms with Crippen LogP contribution < -0.4 is 5.32 Å². The molecule has 0 radical (unpaired) electrons. The van der Waals surface area contributed by atoms with Crippen LogP contribution in [0.25, 0.3) is 22.4 Å². The molecule has 2 atom stereocenters. The van der Waals surface area contributed by atoms with Gasteiger partial charge >= 0.3 is 5.97 Å². The van der Waals surface area contributed by atoms with E-state index in [2.05, 4.69) is 25.3 Å². The molecule has 0 spiro atoms. The molecule has 4 N–H and O–H groups in total. The maximum atomic E-state index is 14.3. The van der Waals surface area contributed by atoms with Crippen LogP contribution in [-0.2, 0) is 4.79 Å². The minimum absolute atomic E-state index is 0.0340. The monoisotopic (exact) mass is 405 g/mol. The number of aliphatic carboxylic acids is 1. The Labute approximate surface area is 163 Å². The van der Waals surface area contributed by atoms with E-state index < -0.39 is 23.4 Å². The maximum Gasteiger partial charge on any atom is 0.335 e. The lowest BCUT2D eigenvalue weighted by Crippen LogP contribution is -2.46. The van der Waals surface area contributed by atoms with Crippen LogP contribution in [0, 0.1) is 5.82 Å². The molecular formula is C18H17ClFN5O3. The summed E-state index contributed by atoms with van der Waals surface area (Å²) in [6.45, 7) is 0. The fourth-order valence-corrected chi connectivity index (χ4v) is 3.68. The summed E-state index contributed by atoms with van der Waals surface area (Å²) in [4.78, 5) is 26.8. The molecule has 1 unspecified atom stereocenters. The number of halogens is 2. The van der Waals surface area contributed by atoms with E-state index in [1.165, 1.54) is 6.20 Å². The number of H-pyrrole nitrogens is 1. The lowest BCUT2D eigenvalue weighted by Gasteiger charge is -2.34. The zero-order valence-electron chi connectivity index (χ0n) is 14.6. The standard InChI is InChI=1S/C18H17ClFN5O3/c19-9-4-11-12(7-22-14(11)21-6-9)15-23-8-13(20)16(25-15)24-10-2-1-3-18(28,5-10)17(26)27/h4,6-8,10,28H,1-3,5H2,(H,21,22)(H,26,27)(H,23,24,25)/t10?,18-/m0/s1. The second kappa shape index (κ2) is 6.99. The minimum atomic E-state index is -1.82. The Morgan fingerprint density at radius 2 is 2.21 bits per heavy atom. The molecular weight excluding hydrogens is 389 g/mol. The first kappa shape index (κ1) is 18.6. The van der Waals surface area contributed by atoms with E-state index >= 15 is 0 Å². The molecule has 10 heteroatoms. The van der Waals surface area contributed by atoms with Crippen molar-refractivity contribution in [3.63, 3.8) is 0 Å². The highest BCUT2D eigenvalue weighted by atomic mass is 35.5. The second-order valence-corrected chi connectivity index (χ2v) is 7.35.